The van der Waals surface area contributed by atoms with Crippen LogP contribution in [0.15, 0.2) is 58.0 Å². The topological polar surface area (TPSA) is 80.9 Å². The van der Waals surface area contributed by atoms with E-state index in [0.717, 1.165) is 47.1 Å². The van der Waals surface area contributed by atoms with Crippen LogP contribution in [0.2, 0.25) is 0 Å². The monoisotopic (exact) mass is 422 g/mol. The summed E-state index contributed by atoms with van der Waals surface area (Å²) in [5.41, 5.74) is 3.22. The summed E-state index contributed by atoms with van der Waals surface area (Å²) in [5.74, 6) is 3.79. The number of rotatable bonds is 9. The molecule has 0 radical (unpaired) electrons. The van der Waals surface area contributed by atoms with Crippen molar-refractivity contribution in [1.29, 1.82) is 0 Å². The molecule has 1 heterocycles. The Balaban J connectivity index is 1.55. The third-order valence-electron chi connectivity index (χ3n) is 4.94. The second-order valence-corrected chi connectivity index (χ2v) is 6.91. The van der Waals surface area contributed by atoms with E-state index < -0.39 is 0 Å². The SMILES string of the molecule is CCc1noc(CC)c1CNC(=NC)NCc1ccc(Oc2ccccc2OC)cc1. The van der Waals surface area contributed by atoms with Gasteiger partial charge in [-0.2, -0.15) is 0 Å². The minimum Gasteiger partial charge on any atom is -0.493 e. The average molecular weight is 423 g/mol. The predicted octanol–water partition coefficient (Wildman–Crippen LogP) is 4.47. The zero-order chi connectivity index (χ0) is 22.1. The van der Waals surface area contributed by atoms with Crippen molar-refractivity contribution in [2.24, 2.45) is 4.99 Å². The first-order valence-corrected chi connectivity index (χ1v) is 10.5. The van der Waals surface area contributed by atoms with Crippen LogP contribution in [0.3, 0.4) is 0 Å². The highest BCUT2D eigenvalue weighted by atomic mass is 16.5. The normalized spacial score (nSPS) is 11.3. The molecule has 0 aliphatic heterocycles. The molecule has 0 amide bonds. The lowest BCUT2D eigenvalue weighted by atomic mass is 10.1. The molecule has 0 aliphatic rings. The van der Waals surface area contributed by atoms with Crippen LogP contribution < -0.4 is 20.1 Å². The van der Waals surface area contributed by atoms with Crippen LogP contribution in [0.1, 0.15) is 36.4 Å². The summed E-state index contributed by atoms with van der Waals surface area (Å²) < 4.78 is 16.7. The number of methoxy groups -OCH3 is 1. The minimum absolute atomic E-state index is 0.626. The van der Waals surface area contributed by atoms with E-state index in [1.807, 2.05) is 48.5 Å². The molecule has 0 atom stereocenters. The summed E-state index contributed by atoms with van der Waals surface area (Å²) in [6.07, 6.45) is 1.66. The standard InChI is InChI=1S/C24H30N4O3/c1-5-20-19(21(6-2)31-28-20)16-27-24(25-3)26-15-17-11-13-18(14-12-17)30-23-10-8-7-9-22(23)29-4/h7-14H,5-6,15-16H2,1-4H3,(H2,25,26,27). The van der Waals surface area contributed by atoms with Crippen molar-refractivity contribution in [2.45, 2.75) is 39.8 Å². The van der Waals surface area contributed by atoms with Gasteiger partial charge in [-0.15, -0.1) is 0 Å². The van der Waals surface area contributed by atoms with Crippen LogP contribution in [0.4, 0.5) is 0 Å². The molecule has 2 aromatic carbocycles. The van der Waals surface area contributed by atoms with Gasteiger partial charge in [0, 0.05) is 32.1 Å². The van der Waals surface area contributed by atoms with E-state index in [0.29, 0.717) is 24.6 Å². The van der Waals surface area contributed by atoms with Crippen molar-refractivity contribution < 1.29 is 14.0 Å². The van der Waals surface area contributed by atoms with Crippen molar-refractivity contribution in [1.82, 2.24) is 15.8 Å². The number of nitrogens with zero attached hydrogens (tertiary/aromatic N) is 2. The van der Waals surface area contributed by atoms with Crippen molar-refractivity contribution in [2.75, 3.05) is 14.2 Å². The molecule has 0 unspecified atom stereocenters. The molecule has 2 N–H and O–H groups in total. The summed E-state index contributed by atoms with van der Waals surface area (Å²) in [5, 5.41) is 10.8. The molecule has 0 bridgehead atoms. The molecule has 0 saturated carbocycles. The number of benzene rings is 2. The van der Waals surface area contributed by atoms with Crippen molar-refractivity contribution in [3.63, 3.8) is 0 Å². The number of nitrogens with one attached hydrogen (secondary N) is 2. The largest absolute Gasteiger partial charge is 0.493 e. The first-order chi connectivity index (χ1) is 15.2. The smallest absolute Gasteiger partial charge is 0.191 e. The van der Waals surface area contributed by atoms with E-state index in [1.54, 1.807) is 14.2 Å². The van der Waals surface area contributed by atoms with E-state index in [4.69, 9.17) is 14.0 Å². The lowest BCUT2D eigenvalue weighted by Crippen LogP contribution is -2.36. The van der Waals surface area contributed by atoms with Gasteiger partial charge in [-0.25, -0.2) is 0 Å². The van der Waals surface area contributed by atoms with Gasteiger partial charge in [0.15, 0.2) is 17.5 Å². The molecule has 0 saturated heterocycles. The summed E-state index contributed by atoms with van der Waals surface area (Å²) in [6, 6.07) is 15.5. The third kappa shape index (κ3) is 5.78. The molecular formula is C24H30N4O3. The molecule has 1 aromatic heterocycles. The summed E-state index contributed by atoms with van der Waals surface area (Å²) >= 11 is 0. The highest BCUT2D eigenvalue weighted by Gasteiger charge is 2.13. The van der Waals surface area contributed by atoms with Crippen LogP contribution in [-0.4, -0.2) is 25.3 Å². The molecule has 0 fully saturated rings. The molecular weight excluding hydrogens is 392 g/mol. The van der Waals surface area contributed by atoms with Crippen molar-refractivity contribution in [3.8, 4) is 17.2 Å². The molecule has 31 heavy (non-hydrogen) atoms. The van der Waals surface area contributed by atoms with Gasteiger partial charge in [-0.3, -0.25) is 4.99 Å². The predicted molar refractivity (Wildman–Crippen MR) is 122 cm³/mol. The number of aromatic nitrogens is 1. The quantitative estimate of drug-likeness (QED) is 0.391. The Kier molecular flexibility index (Phi) is 7.92. The lowest BCUT2D eigenvalue weighted by Gasteiger charge is -2.13. The maximum Gasteiger partial charge on any atom is 0.191 e. The zero-order valence-electron chi connectivity index (χ0n) is 18.6. The summed E-state index contributed by atoms with van der Waals surface area (Å²) in [6.45, 7) is 5.41. The van der Waals surface area contributed by atoms with Gasteiger partial charge in [0.05, 0.1) is 12.8 Å². The Bertz CT molecular complexity index is 975. The third-order valence-corrected chi connectivity index (χ3v) is 4.94. The Labute approximate surface area is 183 Å². The molecule has 7 nitrogen and oxygen atoms in total. The number of guanidine groups is 1. The van der Waals surface area contributed by atoms with Crippen LogP contribution in [0.25, 0.3) is 0 Å². The lowest BCUT2D eigenvalue weighted by molar-refractivity contribution is 0.379. The van der Waals surface area contributed by atoms with Crippen LogP contribution in [0, 0.1) is 0 Å². The van der Waals surface area contributed by atoms with Crippen LogP contribution in [0.5, 0.6) is 17.2 Å². The first-order valence-electron chi connectivity index (χ1n) is 10.5. The molecule has 0 aliphatic carbocycles. The fraction of sp³-hybridized carbons (Fsp3) is 0.333. The molecule has 164 valence electrons. The first kappa shape index (κ1) is 22.2. The minimum atomic E-state index is 0.626. The van der Waals surface area contributed by atoms with Gasteiger partial charge in [-0.1, -0.05) is 43.3 Å². The van der Waals surface area contributed by atoms with Gasteiger partial charge in [0.2, 0.25) is 0 Å². The number of ether oxygens (including phenoxy) is 2. The number of aliphatic imine (C=N–C) groups is 1. The molecule has 0 spiro atoms. The number of hydrogen-bond donors (Lipinski definition) is 2. The van der Waals surface area contributed by atoms with Gasteiger partial charge in [0.25, 0.3) is 0 Å². The Morgan fingerprint density at radius 1 is 0.968 bits per heavy atom. The Morgan fingerprint density at radius 2 is 1.68 bits per heavy atom. The van der Waals surface area contributed by atoms with Crippen LogP contribution >= 0.6 is 0 Å². The average Bonchev–Trinajstić information content (AvgIpc) is 3.22. The van der Waals surface area contributed by atoms with Crippen LogP contribution in [-0.2, 0) is 25.9 Å². The van der Waals surface area contributed by atoms with Gasteiger partial charge in [0.1, 0.15) is 11.5 Å². The molecule has 7 heteroatoms. The highest BCUT2D eigenvalue weighted by molar-refractivity contribution is 5.79. The van der Waals surface area contributed by atoms with Crippen molar-refractivity contribution >= 4 is 5.96 Å². The summed E-state index contributed by atoms with van der Waals surface area (Å²) in [7, 11) is 3.39. The van der Waals surface area contributed by atoms with E-state index in [1.165, 1.54) is 0 Å². The number of aryl methyl sites for hydroxylation is 2. The summed E-state index contributed by atoms with van der Waals surface area (Å²) in [4.78, 5) is 4.31. The van der Waals surface area contributed by atoms with E-state index in [-0.39, 0.29) is 0 Å². The highest BCUT2D eigenvalue weighted by Crippen LogP contribution is 2.30. The zero-order valence-corrected chi connectivity index (χ0v) is 18.6. The van der Waals surface area contributed by atoms with E-state index in [2.05, 4.69) is 34.6 Å². The maximum absolute atomic E-state index is 5.93. The van der Waals surface area contributed by atoms with Gasteiger partial charge >= 0.3 is 0 Å². The van der Waals surface area contributed by atoms with Gasteiger partial charge < -0.3 is 24.6 Å². The second kappa shape index (κ2) is 11.1. The van der Waals surface area contributed by atoms with E-state index in [9.17, 15) is 0 Å². The molecule has 3 rings (SSSR count). The fourth-order valence-electron chi connectivity index (χ4n) is 3.22. The number of para-hydroxylation sites is 2. The van der Waals surface area contributed by atoms with E-state index >= 15 is 0 Å². The number of hydrogen-bond acceptors (Lipinski definition) is 5. The van der Waals surface area contributed by atoms with Crippen molar-refractivity contribution in [3.05, 3.63) is 71.1 Å². The molecule has 3 aromatic rings. The fourth-order valence-corrected chi connectivity index (χ4v) is 3.22. The second-order valence-electron chi connectivity index (χ2n) is 6.91. The Hall–Kier alpha value is -3.48. The maximum atomic E-state index is 5.93. The van der Waals surface area contributed by atoms with Gasteiger partial charge in [-0.05, 0) is 36.2 Å². The Morgan fingerprint density at radius 3 is 2.32 bits per heavy atom.